The Morgan fingerprint density at radius 1 is 0.879 bits per heavy atom. The van der Waals surface area contributed by atoms with Crippen molar-refractivity contribution in [2.45, 2.75) is 26.1 Å². The highest BCUT2D eigenvalue weighted by Gasteiger charge is 2.18. The van der Waals surface area contributed by atoms with Gasteiger partial charge in [-0.1, -0.05) is 72.8 Å². The molecule has 1 N–H and O–H groups in total. The summed E-state index contributed by atoms with van der Waals surface area (Å²) in [5, 5.41) is 7.28. The lowest BCUT2D eigenvalue weighted by Gasteiger charge is -2.15. The Kier molecular flexibility index (Phi) is 6.95. The van der Waals surface area contributed by atoms with E-state index in [0.29, 0.717) is 18.8 Å². The highest BCUT2D eigenvalue weighted by molar-refractivity contribution is 5.79. The smallest absolute Gasteiger partial charge is 0.267 e. The van der Waals surface area contributed by atoms with Gasteiger partial charge in [-0.15, -0.1) is 0 Å². The van der Waals surface area contributed by atoms with Gasteiger partial charge in [0.05, 0.1) is 5.69 Å². The predicted molar refractivity (Wildman–Crippen MR) is 128 cm³/mol. The largest absolute Gasteiger partial charge is 0.489 e. The van der Waals surface area contributed by atoms with Crippen molar-refractivity contribution in [1.29, 1.82) is 0 Å². The van der Waals surface area contributed by atoms with Crippen LogP contribution in [0, 0.1) is 0 Å². The third-order valence-electron chi connectivity index (χ3n) is 5.28. The van der Waals surface area contributed by atoms with Gasteiger partial charge in [0, 0.05) is 18.2 Å². The number of nitrogens with one attached hydrogen (secondary N) is 1. The summed E-state index contributed by atoms with van der Waals surface area (Å²) in [4.78, 5) is 25.0. The van der Waals surface area contributed by atoms with Crippen LogP contribution in [0.15, 0.2) is 102 Å². The number of carbonyl (C=O) groups excluding carboxylic acids is 1. The molecule has 0 spiro atoms. The Morgan fingerprint density at radius 2 is 1.55 bits per heavy atom. The molecule has 6 nitrogen and oxygen atoms in total. The minimum Gasteiger partial charge on any atom is -0.489 e. The van der Waals surface area contributed by atoms with Crippen molar-refractivity contribution in [3.8, 4) is 17.0 Å². The van der Waals surface area contributed by atoms with Crippen LogP contribution in [0.3, 0.4) is 0 Å². The molecular formula is C27H25N3O3. The van der Waals surface area contributed by atoms with Gasteiger partial charge in [-0.25, -0.2) is 4.68 Å². The Hall–Kier alpha value is -4.19. The van der Waals surface area contributed by atoms with Gasteiger partial charge in [0.2, 0.25) is 5.91 Å². The molecule has 4 aromatic rings. The van der Waals surface area contributed by atoms with Crippen LogP contribution in [0.1, 0.15) is 24.1 Å². The highest BCUT2D eigenvalue weighted by atomic mass is 16.5. The third kappa shape index (κ3) is 5.74. The molecule has 0 saturated carbocycles. The second kappa shape index (κ2) is 10.4. The maximum Gasteiger partial charge on any atom is 0.267 e. The first-order valence-electron chi connectivity index (χ1n) is 10.8. The standard InChI is InChI=1S/C27H25N3O3/c1-20(30-26(31)17-16-25(29-30)23-10-6-3-7-11-23)27(32)28-18-21-12-14-24(15-13-21)33-19-22-8-4-2-5-9-22/h2-17,20H,18-19H2,1H3,(H,28,32). The first-order valence-corrected chi connectivity index (χ1v) is 10.8. The second-order valence-electron chi connectivity index (χ2n) is 7.68. The number of aromatic nitrogens is 2. The number of amides is 1. The number of rotatable bonds is 8. The van der Waals surface area contributed by atoms with Gasteiger partial charge >= 0.3 is 0 Å². The summed E-state index contributed by atoms with van der Waals surface area (Å²) in [6.45, 7) is 2.51. The van der Waals surface area contributed by atoms with E-state index >= 15 is 0 Å². The summed E-state index contributed by atoms with van der Waals surface area (Å²) in [5.74, 6) is 0.481. The zero-order valence-corrected chi connectivity index (χ0v) is 18.3. The molecular weight excluding hydrogens is 414 g/mol. The topological polar surface area (TPSA) is 73.2 Å². The molecule has 166 valence electrons. The molecule has 0 bridgehead atoms. The van der Waals surface area contributed by atoms with Gasteiger partial charge in [-0.2, -0.15) is 5.10 Å². The summed E-state index contributed by atoms with van der Waals surface area (Å²) < 4.78 is 7.02. The van der Waals surface area contributed by atoms with Gasteiger partial charge in [-0.05, 0) is 36.2 Å². The van der Waals surface area contributed by atoms with Crippen molar-refractivity contribution in [1.82, 2.24) is 15.1 Å². The van der Waals surface area contributed by atoms with Crippen molar-refractivity contribution in [3.63, 3.8) is 0 Å². The molecule has 4 rings (SSSR count). The average Bonchev–Trinajstić information content (AvgIpc) is 2.87. The number of hydrogen-bond acceptors (Lipinski definition) is 4. The Balaban J connectivity index is 1.35. The molecule has 0 aliphatic rings. The molecule has 33 heavy (non-hydrogen) atoms. The summed E-state index contributed by atoms with van der Waals surface area (Å²) in [5.41, 5.74) is 3.23. The molecule has 0 fully saturated rings. The summed E-state index contributed by atoms with van der Waals surface area (Å²) in [6.07, 6.45) is 0. The van der Waals surface area contributed by atoms with Crippen LogP contribution < -0.4 is 15.6 Å². The number of carbonyl (C=O) groups is 1. The van der Waals surface area contributed by atoms with E-state index < -0.39 is 6.04 Å². The van der Waals surface area contributed by atoms with Gasteiger partial charge in [0.25, 0.3) is 5.56 Å². The number of ether oxygens (including phenoxy) is 1. The molecule has 0 aliphatic heterocycles. The van der Waals surface area contributed by atoms with Gasteiger partial charge in [0.15, 0.2) is 0 Å². The molecule has 0 saturated heterocycles. The van der Waals surface area contributed by atoms with Crippen LogP contribution >= 0.6 is 0 Å². The van der Waals surface area contributed by atoms with E-state index in [0.717, 1.165) is 22.4 Å². The lowest BCUT2D eigenvalue weighted by atomic mass is 10.1. The van der Waals surface area contributed by atoms with Crippen LogP contribution in [-0.2, 0) is 17.9 Å². The lowest BCUT2D eigenvalue weighted by Crippen LogP contribution is -2.36. The maximum atomic E-state index is 12.7. The Bertz CT molecular complexity index is 1250. The minimum atomic E-state index is -0.741. The van der Waals surface area contributed by atoms with Gasteiger partial charge < -0.3 is 10.1 Å². The summed E-state index contributed by atoms with van der Waals surface area (Å²) in [6, 6.07) is 29.4. The molecule has 1 atom stereocenters. The molecule has 0 aliphatic carbocycles. The van der Waals surface area contributed by atoms with Crippen molar-refractivity contribution in [2.75, 3.05) is 0 Å². The van der Waals surface area contributed by atoms with E-state index in [-0.39, 0.29) is 11.5 Å². The molecule has 1 heterocycles. The molecule has 3 aromatic carbocycles. The third-order valence-corrected chi connectivity index (χ3v) is 5.28. The van der Waals surface area contributed by atoms with Crippen molar-refractivity contribution >= 4 is 5.91 Å². The maximum absolute atomic E-state index is 12.7. The fraction of sp³-hybridized carbons (Fsp3) is 0.148. The SMILES string of the molecule is CC(C(=O)NCc1ccc(OCc2ccccc2)cc1)n1nc(-c2ccccc2)ccc1=O. The van der Waals surface area contributed by atoms with E-state index in [1.807, 2.05) is 84.9 Å². The van der Waals surface area contributed by atoms with Crippen molar-refractivity contribution < 1.29 is 9.53 Å². The Labute approximate surface area is 192 Å². The average molecular weight is 440 g/mol. The van der Waals surface area contributed by atoms with Gasteiger partial charge in [0.1, 0.15) is 18.4 Å². The fourth-order valence-corrected chi connectivity index (χ4v) is 3.36. The molecule has 1 unspecified atom stereocenters. The van der Waals surface area contributed by atoms with Crippen molar-refractivity contribution in [3.05, 3.63) is 119 Å². The minimum absolute atomic E-state index is 0.279. The molecule has 6 heteroatoms. The van der Waals surface area contributed by atoms with Crippen LogP contribution in [0.25, 0.3) is 11.3 Å². The number of benzene rings is 3. The van der Waals surface area contributed by atoms with Crippen LogP contribution in [0.5, 0.6) is 5.75 Å². The van der Waals surface area contributed by atoms with E-state index in [9.17, 15) is 9.59 Å². The highest BCUT2D eigenvalue weighted by Crippen LogP contribution is 2.16. The Morgan fingerprint density at radius 3 is 2.24 bits per heavy atom. The first-order chi connectivity index (χ1) is 16.1. The van der Waals surface area contributed by atoms with Crippen LogP contribution in [0.2, 0.25) is 0 Å². The summed E-state index contributed by atoms with van der Waals surface area (Å²) in [7, 11) is 0. The summed E-state index contributed by atoms with van der Waals surface area (Å²) >= 11 is 0. The normalized spacial score (nSPS) is 11.5. The van der Waals surface area contributed by atoms with E-state index in [1.54, 1.807) is 13.0 Å². The number of hydrogen-bond donors (Lipinski definition) is 1. The van der Waals surface area contributed by atoms with Gasteiger partial charge in [-0.3, -0.25) is 9.59 Å². The van der Waals surface area contributed by atoms with E-state index in [2.05, 4.69) is 10.4 Å². The molecule has 1 aromatic heterocycles. The molecule has 0 radical (unpaired) electrons. The monoisotopic (exact) mass is 439 g/mol. The van der Waals surface area contributed by atoms with E-state index in [1.165, 1.54) is 10.7 Å². The van der Waals surface area contributed by atoms with E-state index in [4.69, 9.17) is 4.74 Å². The molecule has 1 amide bonds. The van der Waals surface area contributed by atoms with Crippen molar-refractivity contribution in [2.24, 2.45) is 0 Å². The zero-order chi connectivity index (χ0) is 23.0. The van der Waals surface area contributed by atoms with Crippen LogP contribution in [-0.4, -0.2) is 15.7 Å². The van der Waals surface area contributed by atoms with Crippen LogP contribution in [0.4, 0.5) is 0 Å². The first kappa shape index (κ1) is 22.0. The lowest BCUT2D eigenvalue weighted by molar-refractivity contribution is -0.124. The number of nitrogens with zero attached hydrogens (tertiary/aromatic N) is 2. The predicted octanol–water partition coefficient (Wildman–Crippen LogP) is 4.37. The second-order valence-corrected chi connectivity index (χ2v) is 7.68. The quantitative estimate of drug-likeness (QED) is 0.443. The fourth-order valence-electron chi connectivity index (χ4n) is 3.36. The zero-order valence-electron chi connectivity index (χ0n) is 18.3.